The number of carbonyl (C=O) groups excluding carboxylic acids is 3. The van der Waals surface area contributed by atoms with Gasteiger partial charge in [0.2, 0.25) is 11.8 Å². The number of hydrogen-bond donors (Lipinski definition) is 4. The highest BCUT2D eigenvalue weighted by Crippen LogP contribution is 2.31. The molecule has 0 bridgehead atoms. The van der Waals surface area contributed by atoms with Gasteiger partial charge in [-0.2, -0.15) is 0 Å². The lowest BCUT2D eigenvalue weighted by atomic mass is 9.78. The zero-order valence-corrected chi connectivity index (χ0v) is 24.4. The van der Waals surface area contributed by atoms with Crippen molar-refractivity contribution in [2.24, 2.45) is 11.8 Å². The van der Waals surface area contributed by atoms with Gasteiger partial charge in [-0.15, -0.1) is 0 Å². The van der Waals surface area contributed by atoms with Crippen LogP contribution >= 0.6 is 0 Å². The summed E-state index contributed by atoms with van der Waals surface area (Å²) in [6.45, 7) is 3.23. The minimum atomic E-state index is -0.668. The summed E-state index contributed by atoms with van der Waals surface area (Å²) < 4.78 is 0. The van der Waals surface area contributed by atoms with Crippen LogP contribution in [-0.2, 0) is 14.4 Å². The molecule has 1 unspecified atom stereocenters. The topological polar surface area (TPSA) is 103 Å². The van der Waals surface area contributed by atoms with Crippen LogP contribution in [0.4, 0.5) is 0 Å². The summed E-state index contributed by atoms with van der Waals surface area (Å²) in [4.78, 5) is 44.0. The van der Waals surface area contributed by atoms with Gasteiger partial charge in [0, 0.05) is 6.54 Å². The van der Waals surface area contributed by atoms with Crippen LogP contribution in [0.2, 0.25) is 0 Å². The highest BCUT2D eigenvalue weighted by Gasteiger charge is 2.47. The van der Waals surface area contributed by atoms with Gasteiger partial charge in [0.25, 0.3) is 0 Å². The summed E-state index contributed by atoms with van der Waals surface area (Å²) in [6.07, 6.45) is 7.15. The van der Waals surface area contributed by atoms with E-state index in [2.05, 4.69) is 26.2 Å². The van der Waals surface area contributed by atoms with E-state index in [1.54, 1.807) is 14.0 Å². The lowest BCUT2D eigenvalue weighted by Crippen LogP contribution is -2.67. The van der Waals surface area contributed by atoms with Gasteiger partial charge in [-0.25, -0.2) is 0 Å². The Morgan fingerprint density at radius 1 is 0.854 bits per heavy atom. The largest absolute Gasteiger partial charge is 0.345 e. The smallest absolute Gasteiger partial charge is 0.237 e. The summed E-state index contributed by atoms with van der Waals surface area (Å²) in [5.41, 5.74) is 1.98. The minimum absolute atomic E-state index is 0.0591. The van der Waals surface area contributed by atoms with E-state index < -0.39 is 24.0 Å². The maximum absolute atomic E-state index is 14.5. The average molecular weight is 560 g/mol. The first-order chi connectivity index (χ1) is 20.0. The third-order valence-electron chi connectivity index (χ3n) is 9.32. The third kappa shape index (κ3) is 6.88. The molecule has 2 amide bonds. The molecule has 2 aromatic rings. The molecule has 2 aliphatic heterocycles. The predicted molar refractivity (Wildman–Crippen MR) is 160 cm³/mol. The average Bonchev–Trinajstić information content (AvgIpc) is 3.50. The predicted octanol–water partition coefficient (Wildman–Crippen LogP) is 3.14. The van der Waals surface area contributed by atoms with Crippen molar-refractivity contribution >= 4 is 17.6 Å². The number of hydrogen-bond acceptors (Lipinski definition) is 6. The fraction of sp³-hybridized carbons (Fsp3) is 0.545. The van der Waals surface area contributed by atoms with Crippen LogP contribution in [0.25, 0.3) is 0 Å². The number of carbonyl (C=O) groups is 3. The van der Waals surface area contributed by atoms with Gasteiger partial charge in [0.15, 0.2) is 5.78 Å². The van der Waals surface area contributed by atoms with Crippen molar-refractivity contribution in [2.45, 2.75) is 82.2 Å². The molecule has 0 radical (unpaired) electrons. The van der Waals surface area contributed by atoms with Crippen molar-refractivity contribution in [3.8, 4) is 0 Å². The van der Waals surface area contributed by atoms with Crippen molar-refractivity contribution < 1.29 is 14.4 Å². The Morgan fingerprint density at radius 2 is 1.49 bits per heavy atom. The molecule has 3 aliphatic rings. The van der Waals surface area contributed by atoms with Gasteiger partial charge >= 0.3 is 0 Å². The molecular formula is C33H45N5O3. The molecular weight excluding hydrogens is 514 g/mol. The van der Waals surface area contributed by atoms with Crippen molar-refractivity contribution in [2.75, 3.05) is 20.1 Å². The SMILES string of the molecule is CN[C@@H](C)C(=O)N[C@H](C(=O)C1N[C@H]2CCCN2C[C@H]1C(=O)NC(c1ccccc1)c1ccccc1)C1CCCCC1. The number of nitrogens with zero attached hydrogens (tertiary/aromatic N) is 1. The van der Waals surface area contributed by atoms with Crippen LogP contribution in [0.1, 0.15) is 69.0 Å². The van der Waals surface area contributed by atoms with Crippen LogP contribution in [0, 0.1) is 11.8 Å². The number of Topliss-reactive ketones (excluding diaryl/α,β-unsaturated/α-hetero) is 1. The number of likely N-dealkylation sites (N-methyl/N-ethyl adjacent to an activating group) is 1. The number of nitrogens with one attached hydrogen (secondary N) is 4. The number of ketones is 1. The van der Waals surface area contributed by atoms with Gasteiger partial charge in [-0.3, -0.25) is 24.6 Å². The lowest BCUT2D eigenvalue weighted by Gasteiger charge is -2.43. The van der Waals surface area contributed by atoms with E-state index in [1.807, 2.05) is 60.7 Å². The summed E-state index contributed by atoms with van der Waals surface area (Å²) in [7, 11) is 1.75. The Morgan fingerprint density at radius 3 is 2.10 bits per heavy atom. The number of rotatable bonds is 10. The molecule has 1 aliphatic carbocycles. The molecule has 2 aromatic carbocycles. The molecule has 0 spiro atoms. The highest BCUT2D eigenvalue weighted by atomic mass is 16.2. The standard InChI is InChI=1S/C33H45N5O3/c1-22(34-2)32(40)37-29(25-17-10-5-11-18-25)31(39)30-26(21-38-20-12-19-27(38)35-30)33(41)36-28(23-13-6-3-7-14-23)24-15-8-4-9-16-24/h3-4,6-9,13-16,22,25-30,34-35H,5,10-12,17-21H2,1-2H3,(H,36,41)(H,37,40)/t22-,26+,27+,29-,30?/m0/s1. The molecule has 220 valence electrons. The highest BCUT2D eigenvalue weighted by molar-refractivity contribution is 5.98. The monoisotopic (exact) mass is 559 g/mol. The zero-order valence-electron chi connectivity index (χ0n) is 24.4. The first-order valence-corrected chi connectivity index (χ1v) is 15.4. The van der Waals surface area contributed by atoms with E-state index in [4.69, 9.17) is 0 Å². The van der Waals surface area contributed by atoms with Crippen LogP contribution < -0.4 is 21.3 Å². The van der Waals surface area contributed by atoms with Crippen molar-refractivity contribution in [1.82, 2.24) is 26.2 Å². The number of amides is 2. The van der Waals surface area contributed by atoms with E-state index in [-0.39, 0.29) is 35.7 Å². The molecule has 41 heavy (non-hydrogen) atoms. The quantitative estimate of drug-likeness (QED) is 0.357. The molecule has 8 heteroatoms. The lowest BCUT2D eigenvalue weighted by molar-refractivity contribution is -0.138. The maximum atomic E-state index is 14.5. The van der Waals surface area contributed by atoms with E-state index in [1.165, 1.54) is 0 Å². The summed E-state index contributed by atoms with van der Waals surface area (Å²) in [5, 5.41) is 13.0. The number of benzene rings is 2. The molecule has 2 saturated heterocycles. The first-order valence-electron chi connectivity index (χ1n) is 15.4. The van der Waals surface area contributed by atoms with Gasteiger partial charge in [-0.05, 0) is 63.2 Å². The van der Waals surface area contributed by atoms with Gasteiger partial charge in [-0.1, -0.05) is 79.9 Å². The summed E-state index contributed by atoms with van der Waals surface area (Å²) in [5.74, 6) is -0.870. The zero-order chi connectivity index (χ0) is 28.8. The Hall–Kier alpha value is -3.07. The Bertz CT molecular complexity index is 1130. The van der Waals surface area contributed by atoms with Crippen LogP contribution in [0.3, 0.4) is 0 Å². The normalized spacial score (nSPS) is 24.8. The molecule has 8 nitrogen and oxygen atoms in total. The molecule has 4 N–H and O–H groups in total. The molecule has 2 heterocycles. The third-order valence-corrected chi connectivity index (χ3v) is 9.32. The van der Waals surface area contributed by atoms with Crippen LogP contribution in [-0.4, -0.2) is 66.9 Å². The molecule has 0 aromatic heterocycles. The molecule has 3 fully saturated rings. The van der Waals surface area contributed by atoms with Gasteiger partial charge in [0.05, 0.1) is 36.3 Å². The van der Waals surface area contributed by atoms with E-state index in [9.17, 15) is 14.4 Å². The van der Waals surface area contributed by atoms with Crippen molar-refractivity contribution in [3.05, 3.63) is 71.8 Å². The molecule has 1 saturated carbocycles. The Kier molecular flexibility index (Phi) is 9.85. The Labute approximate surface area is 244 Å². The van der Waals surface area contributed by atoms with Gasteiger partial charge in [0.1, 0.15) is 0 Å². The van der Waals surface area contributed by atoms with Crippen molar-refractivity contribution in [3.63, 3.8) is 0 Å². The fourth-order valence-electron chi connectivity index (χ4n) is 6.82. The Balaban J connectivity index is 1.43. The summed E-state index contributed by atoms with van der Waals surface area (Å²) >= 11 is 0. The second-order valence-corrected chi connectivity index (χ2v) is 12.0. The number of fused-ring (bicyclic) bond motifs is 1. The second kappa shape index (κ2) is 13.7. The molecule has 5 atom stereocenters. The van der Waals surface area contributed by atoms with Crippen LogP contribution in [0.15, 0.2) is 60.7 Å². The van der Waals surface area contributed by atoms with Crippen molar-refractivity contribution in [1.29, 1.82) is 0 Å². The first kappa shape index (κ1) is 29.4. The van der Waals surface area contributed by atoms with E-state index >= 15 is 0 Å². The fourth-order valence-corrected chi connectivity index (χ4v) is 6.82. The van der Waals surface area contributed by atoms with Crippen LogP contribution in [0.5, 0.6) is 0 Å². The van der Waals surface area contributed by atoms with E-state index in [0.717, 1.165) is 62.6 Å². The minimum Gasteiger partial charge on any atom is -0.345 e. The van der Waals surface area contributed by atoms with E-state index in [0.29, 0.717) is 6.54 Å². The van der Waals surface area contributed by atoms with Gasteiger partial charge < -0.3 is 16.0 Å². The maximum Gasteiger partial charge on any atom is 0.237 e. The summed E-state index contributed by atoms with van der Waals surface area (Å²) in [6, 6.07) is 17.9. The molecule has 5 rings (SSSR count). The second-order valence-electron chi connectivity index (χ2n) is 12.0.